The standard InChI is InChI=1S/C19H19ClN4O4S/c20-13-3-4-15(17(11-13)23-8-1-2-9-23)21-19(26)16-5-6-18(25)24(22-16)14-7-10-29(27,28)12-14/h1-4,8-9,11,14H,5-7,10,12H2,(H,21,26). The molecule has 2 aliphatic rings. The van der Waals surface area contributed by atoms with E-state index in [1.165, 1.54) is 5.01 Å². The molecule has 1 N–H and O–H groups in total. The number of hydrazone groups is 1. The van der Waals surface area contributed by atoms with E-state index in [4.69, 9.17) is 11.6 Å². The molecule has 0 bridgehead atoms. The van der Waals surface area contributed by atoms with Crippen LogP contribution in [0.1, 0.15) is 19.3 Å². The minimum atomic E-state index is -3.17. The molecule has 1 aromatic heterocycles. The summed E-state index contributed by atoms with van der Waals surface area (Å²) in [6.07, 6.45) is 4.32. The fraction of sp³-hybridized carbons (Fsp3) is 0.316. The van der Waals surface area contributed by atoms with Crippen molar-refractivity contribution in [1.29, 1.82) is 0 Å². The molecular formula is C19H19ClN4O4S. The van der Waals surface area contributed by atoms with E-state index in [2.05, 4.69) is 10.4 Å². The van der Waals surface area contributed by atoms with Gasteiger partial charge in [-0.15, -0.1) is 0 Å². The van der Waals surface area contributed by atoms with Crippen LogP contribution in [-0.2, 0) is 19.4 Å². The van der Waals surface area contributed by atoms with Crippen LogP contribution in [0.25, 0.3) is 5.69 Å². The summed E-state index contributed by atoms with van der Waals surface area (Å²) in [4.78, 5) is 25.1. The average molecular weight is 435 g/mol. The van der Waals surface area contributed by atoms with Crippen molar-refractivity contribution < 1.29 is 18.0 Å². The van der Waals surface area contributed by atoms with Gasteiger partial charge in [0.2, 0.25) is 5.91 Å². The Bertz CT molecular complexity index is 1100. The number of hydrogen-bond donors (Lipinski definition) is 1. The Balaban J connectivity index is 1.57. The highest BCUT2D eigenvalue weighted by atomic mass is 35.5. The van der Waals surface area contributed by atoms with E-state index in [9.17, 15) is 18.0 Å². The lowest BCUT2D eigenvalue weighted by atomic mass is 10.1. The summed E-state index contributed by atoms with van der Waals surface area (Å²) < 4.78 is 25.3. The monoisotopic (exact) mass is 434 g/mol. The largest absolute Gasteiger partial charge is 0.322 e. The number of amides is 2. The number of halogens is 1. The van der Waals surface area contributed by atoms with Crippen LogP contribution in [0, 0.1) is 0 Å². The fourth-order valence-electron chi connectivity index (χ4n) is 3.50. The maximum absolute atomic E-state index is 12.8. The van der Waals surface area contributed by atoms with Gasteiger partial charge in [-0.3, -0.25) is 9.59 Å². The fourth-order valence-corrected chi connectivity index (χ4v) is 5.36. The number of aromatic nitrogens is 1. The van der Waals surface area contributed by atoms with Gasteiger partial charge in [0.25, 0.3) is 5.91 Å². The highest BCUT2D eigenvalue weighted by Gasteiger charge is 2.37. The lowest BCUT2D eigenvalue weighted by Gasteiger charge is -2.27. The summed E-state index contributed by atoms with van der Waals surface area (Å²) >= 11 is 6.11. The minimum absolute atomic E-state index is 0.0313. The normalized spacial score (nSPS) is 21.1. The number of sulfone groups is 1. The molecule has 0 aliphatic carbocycles. The predicted octanol–water partition coefficient (Wildman–Crippen LogP) is 2.23. The van der Waals surface area contributed by atoms with Crippen LogP contribution in [0.3, 0.4) is 0 Å². The highest BCUT2D eigenvalue weighted by Crippen LogP contribution is 2.26. The van der Waals surface area contributed by atoms with Crippen molar-refractivity contribution >= 4 is 44.7 Å². The Morgan fingerprint density at radius 2 is 1.97 bits per heavy atom. The number of nitrogens with one attached hydrogen (secondary N) is 1. The van der Waals surface area contributed by atoms with Crippen molar-refractivity contribution in [2.75, 3.05) is 16.8 Å². The molecule has 1 aromatic carbocycles. The molecule has 1 saturated heterocycles. The number of anilines is 1. The Labute approximate surface area is 173 Å². The maximum atomic E-state index is 12.8. The highest BCUT2D eigenvalue weighted by molar-refractivity contribution is 7.91. The summed E-state index contributed by atoms with van der Waals surface area (Å²) in [5.41, 5.74) is 1.44. The summed E-state index contributed by atoms with van der Waals surface area (Å²) in [5, 5.41) is 8.75. The van der Waals surface area contributed by atoms with Gasteiger partial charge in [-0.25, -0.2) is 13.4 Å². The summed E-state index contributed by atoms with van der Waals surface area (Å²) in [5.74, 6) is -0.780. The quantitative estimate of drug-likeness (QED) is 0.797. The molecule has 0 radical (unpaired) electrons. The Morgan fingerprint density at radius 1 is 1.21 bits per heavy atom. The van der Waals surface area contributed by atoms with Crippen molar-refractivity contribution in [2.45, 2.75) is 25.3 Å². The molecule has 1 fully saturated rings. The second-order valence-electron chi connectivity index (χ2n) is 7.05. The van der Waals surface area contributed by atoms with Gasteiger partial charge in [-0.05, 0) is 36.8 Å². The van der Waals surface area contributed by atoms with Crippen molar-refractivity contribution in [3.05, 3.63) is 47.7 Å². The number of benzene rings is 1. The summed E-state index contributed by atoms with van der Waals surface area (Å²) in [6, 6.07) is 8.31. The van der Waals surface area contributed by atoms with E-state index in [0.29, 0.717) is 22.8 Å². The molecule has 1 atom stereocenters. The molecule has 2 aliphatic heterocycles. The Hall–Kier alpha value is -2.65. The number of carbonyl (C=O) groups excluding carboxylic acids is 2. The lowest BCUT2D eigenvalue weighted by molar-refractivity contribution is -0.133. The first-order valence-corrected chi connectivity index (χ1v) is 11.4. The van der Waals surface area contributed by atoms with Crippen molar-refractivity contribution in [3.63, 3.8) is 0 Å². The van der Waals surface area contributed by atoms with Gasteiger partial charge in [0.05, 0.1) is 28.9 Å². The van der Waals surface area contributed by atoms with Crippen LogP contribution in [0.4, 0.5) is 5.69 Å². The second kappa shape index (κ2) is 7.64. The van der Waals surface area contributed by atoms with Crippen LogP contribution in [0.5, 0.6) is 0 Å². The molecule has 8 nitrogen and oxygen atoms in total. The molecule has 10 heteroatoms. The number of carbonyl (C=O) groups is 2. The first kappa shape index (κ1) is 19.7. The van der Waals surface area contributed by atoms with Gasteiger partial charge >= 0.3 is 0 Å². The van der Waals surface area contributed by atoms with Gasteiger partial charge in [0.1, 0.15) is 5.71 Å². The molecule has 4 rings (SSSR count). The maximum Gasteiger partial charge on any atom is 0.271 e. The van der Waals surface area contributed by atoms with Crippen molar-refractivity contribution in [1.82, 2.24) is 9.58 Å². The van der Waals surface area contributed by atoms with Gasteiger partial charge in [-0.1, -0.05) is 11.6 Å². The molecule has 0 spiro atoms. The van der Waals surface area contributed by atoms with E-state index >= 15 is 0 Å². The Morgan fingerprint density at radius 3 is 2.66 bits per heavy atom. The Kier molecular flexibility index (Phi) is 5.18. The smallest absolute Gasteiger partial charge is 0.271 e. The van der Waals surface area contributed by atoms with Crippen LogP contribution < -0.4 is 5.32 Å². The number of rotatable bonds is 4. The molecule has 3 heterocycles. The lowest BCUT2D eigenvalue weighted by Crippen LogP contribution is -2.42. The summed E-state index contributed by atoms with van der Waals surface area (Å²) in [6.45, 7) is 0. The van der Waals surface area contributed by atoms with Gasteiger partial charge in [0, 0.05) is 30.3 Å². The van der Waals surface area contributed by atoms with E-state index < -0.39 is 21.8 Å². The van der Waals surface area contributed by atoms with Crippen LogP contribution in [0.2, 0.25) is 5.02 Å². The predicted molar refractivity (Wildman–Crippen MR) is 110 cm³/mol. The van der Waals surface area contributed by atoms with Gasteiger partial charge in [0.15, 0.2) is 9.84 Å². The SMILES string of the molecule is O=C(Nc1ccc(Cl)cc1-n1cccc1)C1=NN(C2CCS(=O)(=O)C2)C(=O)CC1. The van der Waals surface area contributed by atoms with Crippen LogP contribution in [-0.4, -0.2) is 53.1 Å². The van der Waals surface area contributed by atoms with E-state index in [1.54, 1.807) is 18.2 Å². The molecule has 1 unspecified atom stereocenters. The van der Waals surface area contributed by atoms with E-state index in [-0.39, 0.29) is 36.0 Å². The third-order valence-electron chi connectivity index (χ3n) is 4.97. The van der Waals surface area contributed by atoms with Crippen LogP contribution >= 0.6 is 11.6 Å². The third-order valence-corrected chi connectivity index (χ3v) is 6.95. The third kappa shape index (κ3) is 4.20. The molecule has 0 saturated carbocycles. The molecule has 2 amide bonds. The summed E-state index contributed by atoms with van der Waals surface area (Å²) in [7, 11) is -3.17. The molecule has 152 valence electrons. The first-order valence-electron chi connectivity index (χ1n) is 9.16. The first-order chi connectivity index (χ1) is 13.8. The van der Waals surface area contributed by atoms with Crippen LogP contribution in [0.15, 0.2) is 47.8 Å². The number of nitrogens with zero attached hydrogens (tertiary/aromatic N) is 3. The number of hydrogen-bond acceptors (Lipinski definition) is 5. The molecule has 2 aromatic rings. The molecular weight excluding hydrogens is 416 g/mol. The van der Waals surface area contributed by atoms with E-state index in [1.807, 2.05) is 29.1 Å². The molecule has 29 heavy (non-hydrogen) atoms. The second-order valence-corrected chi connectivity index (χ2v) is 9.71. The zero-order valence-corrected chi connectivity index (χ0v) is 17.0. The van der Waals surface area contributed by atoms with Crippen molar-refractivity contribution in [3.8, 4) is 5.69 Å². The zero-order chi connectivity index (χ0) is 20.6. The zero-order valence-electron chi connectivity index (χ0n) is 15.4. The van der Waals surface area contributed by atoms with Gasteiger partial charge in [-0.2, -0.15) is 5.10 Å². The average Bonchev–Trinajstić information content (AvgIpc) is 3.33. The minimum Gasteiger partial charge on any atom is -0.322 e. The van der Waals surface area contributed by atoms with E-state index in [0.717, 1.165) is 0 Å². The topological polar surface area (TPSA) is 101 Å². The van der Waals surface area contributed by atoms with Crippen molar-refractivity contribution in [2.24, 2.45) is 5.10 Å². The van der Waals surface area contributed by atoms with Gasteiger partial charge < -0.3 is 9.88 Å².